The van der Waals surface area contributed by atoms with E-state index in [9.17, 15) is 14.0 Å². The number of ether oxygens (including phenoxy) is 1. The summed E-state index contributed by atoms with van der Waals surface area (Å²) in [4.78, 5) is 27.3. The topological polar surface area (TPSA) is 81.8 Å². The van der Waals surface area contributed by atoms with Crippen LogP contribution in [0.3, 0.4) is 0 Å². The molecule has 0 spiro atoms. The molecule has 0 saturated carbocycles. The average molecular weight is 266 g/mol. The number of aliphatic imine (C=N–C) groups is 1. The van der Waals surface area contributed by atoms with Crippen LogP contribution in [-0.4, -0.2) is 31.2 Å². The van der Waals surface area contributed by atoms with E-state index < -0.39 is 11.8 Å². The van der Waals surface area contributed by atoms with Gasteiger partial charge in [-0.05, 0) is 13.0 Å². The van der Waals surface area contributed by atoms with E-state index in [2.05, 4.69) is 9.73 Å². The van der Waals surface area contributed by atoms with Gasteiger partial charge in [-0.3, -0.25) is 9.79 Å². The third kappa shape index (κ3) is 3.87. The molecule has 0 aromatic heterocycles. The number of methoxy groups -OCH3 is 1. The summed E-state index contributed by atoms with van der Waals surface area (Å²) in [6.07, 6.45) is 0.0436. The SMILES string of the molecule is COC(=O)c1c(F)cccc1C(=O)CC/N=C(\C)N. The molecule has 102 valence electrons. The summed E-state index contributed by atoms with van der Waals surface area (Å²) in [7, 11) is 1.13. The molecule has 0 fully saturated rings. The van der Waals surface area contributed by atoms with Crippen LogP contribution >= 0.6 is 0 Å². The molecule has 0 amide bonds. The molecular formula is C13H15FN2O3. The Hall–Kier alpha value is -2.24. The van der Waals surface area contributed by atoms with Crippen molar-refractivity contribution >= 4 is 17.6 Å². The van der Waals surface area contributed by atoms with Gasteiger partial charge in [0.25, 0.3) is 0 Å². The van der Waals surface area contributed by atoms with Crippen molar-refractivity contribution in [1.29, 1.82) is 0 Å². The molecular weight excluding hydrogens is 251 g/mol. The predicted molar refractivity (Wildman–Crippen MR) is 68.9 cm³/mol. The second kappa shape index (κ2) is 6.63. The molecule has 0 unspecified atom stereocenters. The van der Waals surface area contributed by atoms with E-state index in [1.807, 2.05) is 0 Å². The fourth-order valence-electron chi connectivity index (χ4n) is 1.53. The zero-order valence-corrected chi connectivity index (χ0v) is 10.8. The number of esters is 1. The highest BCUT2D eigenvalue weighted by atomic mass is 19.1. The quantitative estimate of drug-likeness (QED) is 0.379. The molecule has 1 aromatic rings. The Bertz CT molecular complexity index is 523. The molecule has 2 N–H and O–H groups in total. The predicted octanol–water partition coefficient (Wildman–Crippen LogP) is 1.56. The Morgan fingerprint density at radius 3 is 2.68 bits per heavy atom. The van der Waals surface area contributed by atoms with Gasteiger partial charge in [-0.25, -0.2) is 9.18 Å². The number of carbonyl (C=O) groups is 2. The minimum Gasteiger partial charge on any atom is -0.465 e. The Morgan fingerprint density at radius 2 is 2.11 bits per heavy atom. The molecule has 1 aromatic carbocycles. The fourth-order valence-corrected chi connectivity index (χ4v) is 1.53. The number of amidine groups is 1. The summed E-state index contributed by atoms with van der Waals surface area (Å²) >= 11 is 0. The Morgan fingerprint density at radius 1 is 1.42 bits per heavy atom. The van der Waals surface area contributed by atoms with Crippen LogP contribution in [0.2, 0.25) is 0 Å². The first-order valence-electron chi connectivity index (χ1n) is 5.64. The van der Waals surface area contributed by atoms with E-state index in [-0.39, 0.29) is 29.9 Å². The van der Waals surface area contributed by atoms with Gasteiger partial charge in [-0.15, -0.1) is 0 Å². The van der Waals surface area contributed by atoms with Gasteiger partial charge in [-0.1, -0.05) is 12.1 Å². The molecule has 0 saturated heterocycles. The van der Waals surface area contributed by atoms with E-state index >= 15 is 0 Å². The van der Waals surface area contributed by atoms with Crippen molar-refractivity contribution in [3.05, 3.63) is 35.1 Å². The third-order valence-electron chi connectivity index (χ3n) is 2.40. The Labute approximate surface area is 110 Å². The van der Waals surface area contributed by atoms with Crippen LogP contribution in [0.1, 0.15) is 34.1 Å². The summed E-state index contributed by atoms with van der Waals surface area (Å²) in [5, 5.41) is 0. The van der Waals surface area contributed by atoms with Gasteiger partial charge in [0, 0.05) is 18.5 Å². The van der Waals surface area contributed by atoms with Crippen molar-refractivity contribution in [2.24, 2.45) is 10.7 Å². The first kappa shape index (κ1) is 14.8. The van der Waals surface area contributed by atoms with Crippen LogP contribution in [0.25, 0.3) is 0 Å². The first-order valence-corrected chi connectivity index (χ1v) is 5.64. The molecule has 5 nitrogen and oxygen atoms in total. The molecule has 0 aliphatic rings. The van der Waals surface area contributed by atoms with Gasteiger partial charge < -0.3 is 10.5 Å². The monoisotopic (exact) mass is 266 g/mol. The molecule has 0 bridgehead atoms. The number of nitrogens with two attached hydrogens (primary N) is 1. The number of rotatable bonds is 5. The van der Waals surface area contributed by atoms with Gasteiger partial charge >= 0.3 is 5.97 Å². The second-order valence-corrected chi connectivity index (χ2v) is 3.85. The van der Waals surface area contributed by atoms with E-state index in [4.69, 9.17) is 5.73 Å². The van der Waals surface area contributed by atoms with Crippen molar-refractivity contribution < 1.29 is 18.7 Å². The maximum Gasteiger partial charge on any atom is 0.341 e. The third-order valence-corrected chi connectivity index (χ3v) is 2.40. The molecule has 0 aliphatic heterocycles. The molecule has 1 rings (SSSR count). The van der Waals surface area contributed by atoms with Crippen LogP contribution < -0.4 is 5.73 Å². The highest BCUT2D eigenvalue weighted by Gasteiger charge is 2.21. The van der Waals surface area contributed by atoms with E-state index in [1.54, 1.807) is 6.92 Å². The first-order chi connectivity index (χ1) is 8.97. The zero-order valence-electron chi connectivity index (χ0n) is 10.8. The smallest absolute Gasteiger partial charge is 0.341 e. The number of hydrogen-bond acceptors (Lipinski definition) is 4. The molecule has 0 heterocycles. The van der Waals surface area contributed by atoms with Crippen molar-refractivity contribution in [2.45, 2.75) is 13.3 Å². The average Bonchev–Trinajstić information content (AvgIpc) is 2.37. The van der Waals surface area contributed by atoms with Gasteiger partial charge in [0.15, 0.2) is 5.78 Å². The lowest BCUT2D eigenvalue weighted by molar-refractivity contribution is 0.0591. The fraction of sp³-hybridized carbons (Fsp3) is 0.308. The maximum absolute atomic E-state index is 13.6. The van der Waals surface area contributed by atoms with Gasteiger partial charge in [0.2, 0.25) is 0 Å². The van der Waals surface area contributed by atoms with Crippen LogP contribution in [0.4, 0.5) is 4.39 Å². The summed E-state index contributed by atoms with van der Waals surface area (Å²) in [6, 6.07) is 3.86. The number of hydrogen-bond donors (Lipinski definition) is 1. The molecule has 6 heteroatoms. The molecule has 0 radical (unpaired) electrons. The number of nitrogens with zero attached hydrogens (tertiary/aromatic N) is 1. The number of halogens is 1. The van der Waals surface area contributed by atoms with Crippen LogP contribution in [-0.2, 0) is 4.74 Å². The lowest BCUT2D eigenvalue weighted by Crippen LogP contribution is -2.14. The number of benzene rings is 1. The molecule has 0 atom stereocenters. The summed E-state index contributed by atoms with van der Waals surface area (Å²) < 4.78 is 18.1. The maximum atomic E-state index is 13.6. The minimum atomic E-state index is -0.875. The van der Waals surface area contributed by atoms with Crippen molar-refractivity contribution in [1.82, 2.24) is 0 Å². The number of ketones is 1. The van der Waals surface area contributed by atoms with Crippen molar-refractivity contribution in [3.63, 3.8) is 0 Å². The van der Waals surface area contributed by atoms with E-state index in [1.165, 1.54) is 12.1 Å². The van der Waals surface area contributed by atoms with Gasteiger partial charge in [0.05, 0.1) is 12.9 Å². The van der Waals surface area contributed by atoms with Crippen LogP contribution in [0.15, 0.2) is 23.2 Å². The number of Topliss-reactive ketones (excluding diaryl/α,β-unsaturated/α-hetero) is 1. The highest BCUT2D eigenvalue weighted by molar-refractivity contribution is 6.06. The Kier molecular flexibility index (Phi) is 5.17. The normalized spacial score (nSPS) is 11.2. The number of carbonyl (C=O) groups excluding carboxylic acids is 2. The lowest BCUT2D eigenvalue weighted by Gasteiger charge is -2.07. The summed E-state index contributed by atoms with van der Waals surface area (Å²) in [6.45, 7) is 1.80. The van der Waals surface area contributed by atoms with E-state index in [0.29, 0.717) is 5.84 Å². The van der Waals surface area contributed by atoms with E-state index in [0.717, 1.165) is 13.2 Å². The van der Waals surface area contributed by atoms with Crippen LogP contribution in [0.5, 0.6) is 0 Å². The summed E-state index contributed by atoms with van der Waals surface area (Å²) in [5.41, 5.74) is 5.00. The second-order valence-electron chi connectivity index (χ2n) is 3.85. The van der Waals surface area contributed by atoms with Crippen LogP contribution in [0, 0.1) is 5.82 Å². The molecule has 19 heavy (non-hydrogen) atoms. The standard InChI is InChI=1S/C13H15FN2O3/c1-8(15)16-7-6-11(17)9-4-3-5-10(14)12(9)13(18)19-2/h3-5H,6-7H2,1-2H3,(H2,15,16). The Balaban J connectivity index is 3.00. The van der Waals surface area contributed by atoms with Gasteiger partial charge in [0.1, 0.15) is 11.4 Å². The summed E-state index contributed by atoms with van der Waals surface area (Å²) in [5.74, 6) is -1.68. The highest BCUT2D eigenvalue weighted by Crippen LogP contribution is 2.16. The minimum absolute atomic E-state index is 0.00303. The largest absolute Gasteiger partial charge is 0.465 e. The lowest BCUT2D eigenvalue weighted by atomic mass is 10.0. The van der Waals surface area contributed by atoms with Crippen molar-refractivity contribution in [2.75, 3.05) is 13.7 Å². The zero-order chi connectivity index (χ0) is 14.4. The van der Waals surface area contributed by atoms with Crippen molar-refractivity contribution in [3.8, 4) is 0 Å². The van der Waals surface area contributed by atoms with Gasteiger partial charge in [-0.2, -0.15) is 0 Å². The molecule has 0 aliphatic carbocycles.